The molecule has 3 atom stereocenters. The Morgan fingerprint density at radius 3 is 2.74 bits per heavy atom. The predicted molar refractivity (Wildman–Crippen MR) is 77.6 cm³/mol. The highest BCUT2D eigenvalue weighted by Crippen LogP contribution is 2.28. The summed E-state index contributed by atoms with van der Waals surface area (Å²) in [7, 11) is -3.22. The van der Waals surface area contributed by atoms with Gasteiger partial charge in [0.2, 0.25) is 5.91 Å². The van der Waals surface area contributed by atoms with Gasteiger partial charge in [-0.2, -0.15) is 11.8 Å². The molecule has 7 heteroatoms. The molecule has 1 heterocycles. The average Bonchev–Trinajstić information content (AvgIpc) is 2.37. The van der Waals surface area contributed by atoms with Gasteiger partial charge in [0.05, 0.1) is 0 Å². The summed E-state index contributed by atoms with van der Waals surface area (Å²) in [6.45, 7) is 0.535. The Labute approximate surface area is 119 Å². The van der Waals surface area contributed by atoms with Crippen molar-refractivity contribution in [2.75, 3.05) is 24.3 Å². The number of hydrogen-bond donors (Lipinski definition) is 1. The summed E-state index contributed by atoms with van der Waals surface area (Å²) < 4.78 is 23.6. The maximum Gasteiger partial charge on any atom is 0.226 e. The third-order valence-corrected chi connectivity index (χ3v) is 6.57. The Morgan fingerprint density at radius 1 is 1.37 bits per heavy atom. The zero-order chi connectivity index (χ0) is 14.0. The molecule has 1 amide bonds. The third-order valence-electron chi connectivity index (χ3n) is 3.93. The smallest absolute Gasteiger partial charge is 0.226 e. The molecule has 1 aliphatic carbocycles. The van der Waals surface area contributed by atoms with Gasteiger partial charge in [-0.15, -0.1) is 0 Å². The molecule has 0 aromatic heterocycles. The maximum atomic E-state index is 12.6. The van der Waals surface area contributed by atoms with Gasteiger partial charge in [-0.3, -0.25) is 4.79 Å². The van der Waals surface area contributed by atoms with Crippen LogP contribution in [0.25, 0.3) is 0 Å². The van der Waals surface area contributed by atoms with Crippen molar-refractivity contribution in [3.05, 3.63) is 0 Å². The van der Waals surface area contributed by atoms with Crippen molar-refractivity contribution in [1.82, 2.24) is 4.90 Å². The van der Waals surface area contributed by atoms with Crippen LogP contribution >= 0.6 is 11.8 Å². The number of hydrogen-bond acceptors (Lipinski definition) is 5. The van der Waals surface area contributed by atoms with Gasteiger partial charge in [-0.05, 0) is 19.3 Å². The monoisotopic (exact) mass is 306 g/mol. The van der Waals surface area contributed by atoms with Crippen molar-refractivity contribution in [3.63, 3.8) is 0 Å². The summed E-state index contributed by atoms with van der Waals surface area (Å²) in [5, 5.41) is -0.656. The fourth-order valence-electron chi connectivity index (χ4n) is 2.87. The number of nitrogens with zero attached hydrogens (tertiary/aromatic N) is 1. The van der Waals surface area contributed by atoms with E-state index in [0.29, 0.717) is 18.7 Å². The fraction of sp³-hybridized carbons (Fsp3) is 0.917. The summed E-state index contributed by atoms with van der Waals surface area (Å²) >= 11 is 1.60. The average molecular weight is 306 g/mol. The summed E-state index contributed by atoms with van der Waals surface area (Å²) in [6.07, 6.45) is 4.68. The Kier molecular flexibility index (Phi) is 4.79. The van der Waals surface area contributed by atoms with Crippen LogP contribution in [0, 0.1) is 5.92 Å². The van der Waals surface area contributed by atoms with Crippen molar-refractivity contribution < 1.29 is 13.2 Å². The van der Waals surface area contributed by atoms with Crippen molar-refractivity contribution in [2.24, 2.45) is 11.7 Å². The first kappa shape index (κ1) is 15.1. The Hall–Kier alpha value is -0.270. The van der Waals surface area contributed by atoms with E-state index >= 15 is 0 Å². The minimum Gasteiger partial charge on any atom is -0.328 e. The minimum absolute atomic E-state index is 0.00845. The van der Waals surface area contributed by atoms with Gasteiger partial charge in [0, 0.05) is 36.3 Å². The van der Waals surface area contributed by atoms with Gasteiger partial charge in [0.15, 0.2) is 9.84 Å². The van der Waals surface area contributed by atoms with Crippen LogP contribution in [0.15, 0.2) is 0 Å². The van der Waals surface area contributed by atoms with Crippen LogP contribution in [0.5, 0.6) is 0 Å². The molecule has 19 heavy (non-hydrogen) atoms. The Bertz CT molecular complexity index is 438. The zero-order valence-corrected chi connectivity index (χ0v) is 12.9. The molecule has 2 rings (SSSR count). The van der Waals surface area contributed by atoms with Gasteiger partial charge >= 0.3 is 0 Å². The second kappa shape index (κ2) is 6.01. The molecule has 3 unspecified atom stereocenters. The van der Waals surface area contributed by atoms with E-state index in [1.54, 1.807) is 16.7 Å². The van der Waals surface area contributed by atoms with Crippen molar-refractivity contribution in [3.8, 4) is 0 Å². The molecule has 2 aliphatic rings. The first-order valence-corrected chi connectivity index (χ1v) is 9.83. The zero-order valence-electron chi connectivity index (χ0n) is 11.2. The second-order valence-corrected chi connectivity index (χ2v) is 8.87. The lowest BCUT2D eigenvalue weighted by Gasteiger charge is -2.38. The Balaban J connectivity index is 2.11. The van der Waals surface area contributed by atoms with E-state index in [1.807, 2.05) is 0 Å². The van der Waals surface area contributed by atoms with Crippen LogP contribution < -0.4 is 5.73 Å². The summed E-state index contributed by atoms with van der Waals surface area (Å²) in [5.41, 5.74) is 5.92. The number of carbonyl (C=O) groups is 1. The first-order chi connectivity index (χ1) is 8.89. The van der Waals surface area contributed by atoms with Gasteiger partial charge in [0.25, 0.3) is 0 Å². The van der Waals surface area contributed by atoms with Gasteiger partial charge < -0.3 is 10.6 Å². The third kappa shape index (κ3) is 3.64. The maximum absolute atomic E-state index is 12.6. The molecule has 0 bridgehead atoms. The molecular formula is C12H22N2O3S2. The highest BCUT2D eigenvalue weighted by molar-refractivity contribution is 8.00. The highest BCUT2D eigenvalue weighted by atomic mass is 32.2. The minimum atomic E-state index is -3.22. The summed E-state index contributed by atoms with van der Waals surface area (Å²) in [5.74, 6) is 1.21. The second-order valence-electron chi connectivity index (χ2n) is 5.51. The highest BCUT2D eigenvalue weighted by Gasteiger charge is 2.38. The van der Waals surface area contributed by atoms with Crippen molar-refractivity contribution in [2.45, 2.75) is 37.1 Å². The summed E-state index contributed by atoms with van der Waals surface area (Å²) in [4.78, 5) is 14.1. The topological polar surface area (TPSA) is 80.5 Å². The number of nitrogens with two attached hydrogens (primary N) is 1. The molecule has 0 aromatic rings. The molecule has 2 fully saturated rings. The lowest BCUT2D eigenvalue weighted by Crippen LogP contribution is -2.52. The fourth-order valence-corrected chi connectivity index (χ4v) is 5.70. The molecule has 5 nitrogen and oxygen atoms in total. The van der Waals surface area contributed by atoms with E-state index in [9.17, 15) is 13.2 Å². The van der Waals surface area contributed by atoms with Crippen LogP contribution in [0.2, 0.25) is 0 Å². The van der Waals surface area contributed by atoms with E-state index in [4.69, 9.17) is 5.73 Å². The SMILES string of the molecule is CS(=O)(=O)C1CSCCN1C(=O)C1CCCC(N)C1. The molecule has 1 saturated heterocycles. The number of amides is 1. The van der Waals surface area contributed by atoms with Crippen LogP contribution in [-0.4, -0.2) is 54.9 Å². The molecule has 110 valence electrons. The number of carbonyl (C=O) groups excluding carboxylic acids is 1. The van der Waals surface area contributed by atoms with Gasteiger partial charge in [-0.25, -0.2) is 8.42 Å². The predicted octanol–water partition coefficient (Wildman–Crippen LogP) is 0.450. The van der Waals surface area contributed by atoms with Crippen molar-refractivity contribution >= 4 is 27.5 Å². The quantitative estimate of drug-likeness (QED) is 0.801. The van der Waals surface area contributed by atoms with Gasteiger partial charge in [0.1, 0.15) is 5.37 Å². The lowest BCUT2D eigenvalue weighted by molar-refractivity contribution is -0.137. The molecule has 0 radical (unpaired) electrons. The molecular weight excluding hydrogens is 284 g/mol. The summed E-state index contributed by atoms with van der Waals surface area (Å²) in [6, 6.07) is 0.0820. The van der Waals surface area contributed by atoms with Crippen LogP contribution in [0.4, 0.5) is 0 Å². The Morgan fingerprint density at radius 2 is 2.11 bits per heavy atom. The molecule has 0 aromatic carbocycles. The van der Waals surface area contributed by atoms with Gasteiger partial charge in [-0.1, -0.05) is 6.42 Å². The van der Waals surface area contributed by atoms with Crippen molar-refractivity contribution in [1.29, 1.82) is 0 Å². The van der Waals surface area contributed by atoms with E-state index < -0.39 is 15.2 Å². The lowest BCUT2D eigenvalue weighted by atomic mass is 9.85. The largest absolute Gasteiger partial charge is 0.328 e. The van der Waals surface area contributed by atoms with Crippen LogP contribution in [0.1, 0.15) is 25.7 Å². The van der Waals surface area contributed by atoms with Crippen LogP contribution in [0.3, 0.4) is 0 Å². The normalized spacial score (nSPS) is 33.2. The molecule has 1 saturated carbocycles. The van der Waals surface area contributed by atoms with E-state index in [2.05, 4.69) is 0 Å². The standard InChI is InChI=1S/C12H22N2O3S2/c1-19(16,17)11-8-18-6-5-14(11)12(15)9-3-2-4-10(13)7-9/h9-11H,2-8,13H2,1H3. The van der Waals surface area contributed by atoms with E-state index in [1.165, 1.54) is 6.26 Å². The van der Waals surface area contributed by atoms with E-state index in [-0.39, 0.29) is 17.9 Å². The van der Waals surface area contributed by atoms with Crippen LogP contribution in [-0.2, 0) is 14.6 Å². The molecule has 2 N–H and O–H groups in total. The molecule has 1 aliphatic heterocycles. The van der Waals surface area contributed by atoms with E-state index in [0.717, 1.165) is 25.0 Å². The molecule has 0 spiro atoms. The number of rotatable bonds is 2. The first-order valence-electron chi connectivity index (χ1n) is 6.72. The number of thioether (sulfide) groups is 1. The number of sulfone groups is 1.